The smallest absolute Gasteiger partial charge is 0.431 e. The minimum absolute atomic E-state index is 0.271. The SMILES string of the molecule is CCOC(=O)NOC(Cc1ccccc1)C(C)O. The molecule has 0 radical (unpaired) electrons. The molecule has 100 valence electrons. The van der Waals surface area contributed by atoms with Crippen LogP contribution in [0.2, 0.25) is 0 Å². The van der Waals surface area contributed by atoms with Gasteiger partial charge >= 0.3 is 6.09 Å². The molecule has 0 saturated heterocycles. The quantitative estimate of drug-likeness (QED) is 0.756. The zero-order valence-electron chi connectivity index (χ0n) is 10.6. The summed E-state index contributed by atoms with van der Waals surface area (Å²) in [4.78, 5) is 16.2. The van der Waals surface area contributed by atoms with Gasteiger partial charge in [-0.25, -0.2) is 4.79 Å². The lowest BCUT2D eigenvalue weighted by Gasteiger charge is -2.20. The van der Waals surface area contributed by atoms with Gasteiger partial charge in [-0.2, -0.15) is 5.48 Å². The van der Waals surface area contributed by atoms with E-state index in [-0.39, 0.29) is 6.61 Å². The summed E-state index contributed by atoms with van der Waals surface area (Å²) in [7, 11) is 0. The summed E-state index contributed by atoms with van der Waals surface area (Å²) < 4.78 is 4.67. The molecule has 2 N–H and O–H groups in total. The van der Waals surface area contributed by atoms with Gasteiger partial charge in [-0.3, -0.25) is 4.84 Å². The molecule has 0 aliphatic carbocycles. The van der Waals surface area contributed by atoms with Crippen LogP contribution in [0.1, 0.15) is 19.4 Å². The molecular weight excluding hydrogens is 234 g/mol. The Labute approximate surface area is 107 Å². The van der Waals surface area contributed by atoms with Crippen LogP contribution in [0.5, 0.6) is 0 Å². The molecule has 0 bridgehead atoms. The number of rotatable bonds is 6. The van der Waals surface area contributed by atoms with Crippen molar-refractivity contribution in [2.45, 2.75) is 32.5 Å². The van der Waals surface area contributed by atoms with Gasteiger partial charge in [0.15, 0.2) is 0 Å². The highest BCUT2D eigenvalue weighted by Gasteiger charge is 2.18. The Hall–Kier alpha value is -1.59. The second-order valence-electron chi connectivity index (χ2n) is 3.91. The first kappa shape index (κ1) is 14.5. The molecule has 1 amide bonds. The van der Waals surface area contributed by atoms with Crippen molar-refractivity contribution >= 4 is 6.09 Å². The molecule has 0 spiro atoms. The first-order valence-electron chi connectivity index (χ1n) is 5.94. The van der Waals surface area contributed by atoms with E-state index in [1.807, 2.05) is 30.3 Å². The third-order valence-electron chi connectivity index (χ3n) is 2.39. The van der Waals surface area contributed by atoms with Crippen molar-refractivity contribution in [1.82, 2.24) is 5.48 Å². The van der Waals surface area contributed by atoms with E-state index >= 15 is 0 Å². The van der Waals surface area contributed by atoms with Crippen molar-refractivity contribution in [3.8, 4) is 0 Å². The van der Waals surface area contributed by atoms with Crippen LogP contribution in [0, 0.1) is 0 Å². The van der Waals surface area contributed by atoms with Crippen molar-refractivity contribution < 1.29 is 19.5 Å². The topological polar surface area (TPSA) is 67.8 Å². The van der Waals surface area contributed by atoms with E-state index in [9.17, 15) is 9.90 Å². The normalized spacial score (nSPS) is 13.7. The minimum atomic E-state index is -0.702. The lowest BCUT2D eigenvalue weighted by atomic mass is 10.1. The van der Waals surface area contributed by atoms with Gasteiger partial charge in [-0.05, 0) is 19.4 Å². The maximum Gasteiger partial charge on any atom is 0.431 e. The number of hydroxylamine groups is 1. The summed E-state index contributed by atoms with van der Waals surface area (Å²) in [6.45, 7) is 3.59. The van der Waals surface area contributed by atoms with Crippen LogP contribution in [0.25, 0.3) is 0 Å². The molecule has 0 fully saturated rings. The van der Waals surface area contributed by atoms with Crippen LogP contribution in [0.3, 0.4) is 0 Å². The third-order valence-corrected chi connectivity index (χ3v) is 2.39. The van der Waals surface area contributed by atoms with E-state index in [2.05, 4.69) is 10.2 Å². The Kier molecular flexibility index (Phi) is 6.18. The molecule has 2 atom stereocenters. The van der Waals surface area contributed by atoms with Gasteiger partial charge in [0.1, 0.15) is 6.10 Å². The molecule has 0 aromatic heterocycles. The summed E-state index contributed by atoms with van der Waals surface area (Å²) in [5, 5.41) is 9.60. The second kappa shape index (κ2) is 7.68. The van der Waals surface area contributed by atoms with Crippen molar-refractivity contribution in [3.05, 3.63) is 35.9 Å². The molecule has 0 aliphatic heterocycles. The van der Waals surface area contributed by atoms with Gasteiger partial charge in [0, 0.05) is 6.42 Å². The third kappa shape index (κ3) is 5.16. The highest BCUT2D eigenvalue weighted by molar-refractivity contribution is 5.65. The van der Waals surface area contributed by atoms with Gasteiger partial charge in [-0.1, -0.05) is 30.3 Å². The Morgan fingerprint density at radius 2 is 2.06 bits per heavy atom. The Morgan fingerprint density at radius 3 is 2.61 bits per heavy atom. The summed E-state index contributed by atoms with van der Waals surface area (Å²) >= 11 is 0. The first-order valence-corrected chi connectivity index (χ1v) is 5.94. The molecule has 1 rings (SSSR count). The number of nitrogens with one attached hydrogen (secondary N) is 1. The number of carbonyl (C=O) groups excluding carboxylic acids is 1. The number of benzene rings is 1. The van der Waals surface area contributed by atoms with Crippen LogP contribution < -0.4 is 5.48 Å². The van der Waals surface area contributed by atoms with Crippen molar-refractivity contribution in [2.24, 2.45) is 0 Å². The number of amides is 1. The average Bonchev–Trinajstić information content (AvgIpc) is 2.35. The number of carbonyl (C=O) groups is 1. The molecule has 5 nitrogen and oxygen atoms in total. The fourth-order valence-corrected chi connectivity index (χ4v) is 1.44. The number of aliphatic hydroxyl groups excluding tert-OH is 1. The first-order chi connectivity index (χ1) is 8.63. The summed E-state index contributed by atoms with van der Waals surface area (Å²) in [5.74, 6) is 0. The minimum Gasteiger partial charge on any atom is -0.448 e. The van der Waals surface area contributed by atoms with Crippen LogP contribution in [-0.4, -0.2) is 30.0 Å². The lowest BCUT2D eigenvalue weighted by molar-refractivity contribution is -0.0744. The fraction of sp³-hybridized carbons (Fsp3) is 0.462. The largest absolute Gasteiger partial charge is 0.448 e. The van der Waals surface area contributed by atoms with Crippen molar-refractivity contribution in [3.63, 3.8) is 0 Å². The Bertz CT molecular complexity index is 353. The highest BCUT2D eigenvalue weighted by Crippen LogP contribution is 2.08. The standard InChI is InChI=1S/C13H19NO4/c1-3-17-13(16)14-18-12(10(2)15)9-11-7-5-4-6-8-11/h4-8,10,12,15H,3,9H2,1-2H3,(H,14,16). The van der Waals surface area contributed by atoms with E-state index < -0.39 is 18.3 Å². The lowest BCUT2D eigenvalue weighted by Crippen LogP contribution is -2.37. The maximum atomic E-state index is 11.1. The van der Waals surface area contributed by atoms with E-state index in [0.717, 1.165) is 5.56 Å². The zero-order valence-corrected chi connectivity index (χ0v) is 10.6. The van der Waals surface area contributed by atoms with Crippen LogP contribution in [-0.2, 0) is 16.0 Å². The number of aliphatic hydroxyl groups is 1. The second-order valence-corrected chi connectivity index (χ2v) is 3.91. The van der Waals surface area contributed by atoms with Gasteiger partial charge in [-0.15, -0.1) is 0 Å². The summed E-state index contributed by atoms with van der Waals surface area (Å²) in [6.07, 6.45) is -1.37. The molecule has 1 aromatic carbocycles. The highest BCUT2D eigenvalue weighted by atomic mass is 16.7. The fourth-order valence-electron chi connectivity index (χ4n) is 1.44. The molecule has 18 heavy (non-hydrogen) atoms. The monoisotopic (exact) mass is 253 g/mol. The number of hydrogen-bond acceptors (Lipinski definition) is 4. The number of ether oxygens (including phenoxy) is 1. The zero-order chi connectivity index (χ0) is 13.4. The van der Waals surface area contributed by atoms with Crippen molar-refractivity contribution in [1.29, 1.82) is 0 Å². The summed E-state index contributed by atoms with van der Waals surface area (Å²) in [6, 6.07) is 9.60. The molecular formula is C13H19NO4. The summed E-state index contributed by atoms with van der Waals surface area (Å²) in [5.41, 5.74) is 3.19. The number of hydrogen-bond donors (Lipinski definition) is 2. The van der Waals surface area contributed by atoms with E-state index in [1.54, 1.807) is 13.8 Å². The molecule has 2 unspecified atom stereocenters. The van der Waals surface area contributed by atoms with Gasteiger partial charge in [0.25, 0.3) is 0 Å². The van der Waals surface area contributed by atoms with E-state index in [0.29, 0.717) is 6.42 Å². The van der Waals surface area contributed by atoms with Gasteiger partial charge < -0.3 is 9.84 Å². The van der Waals surface area contributed by atoms with Crippen LogP contribution in [0.4, 0.5) is 4.79 Å². The molecule has 0 saturated carbocycles. The van der Waals surface area contributed by atoms with Crippen LogP contribution in [0.15, 0.2) is 30.3 Å². The average molecular weight is 253 g/mol. The van der Waals surface area contributed by atoms with E-state index in [1.165, 1.54) is 0 Å². The maximum absolute atomic E-state index is 11.1. The molecule has 0 heterocycles. The molecule has 5 heteroatoms. The Balaban J connectivity index is 2.48. The van der Waals surface area contributed by atoms with Crippen molar-refractivity contribution in [2.75, 3.05) is 6.61 Å². The van der Waals surface area contributed by atoms with Crippen LogP contribution >= 0.6 is 0 Å². The predicted octanol–water partition coefficient (Wildman–Crippen LogP) is 1.66. The molecule has 1 aromatic rings. The molecule has 0 aliphatic rings. The predicted molar refractivity (Wildman–Crippen MR) is 66.9 cm³/mol. The van der Waals surface area contributed by atoms with Gasteiger partial charge in [0.05, 0.1) is 12.7 Å². The Morgan fingerprint density at radius 1 is 1.39 bits per heavy atom. The van der Waals surface area contributed by atoms with E-state index in [4.69, 9.17) is 4.84 Å². The van der Waals surface area contributed by atoms with Gasteiger partial charge in [0.2, 0.25) is 0 Å².